The predicted octanol–water partition coefficient (Wildman–Crippen LogP) is 3.86. The molecule has 0 saturated heterocycles. The van der Waals surface area contributed by atoms with Crippen LogP contribution in [0.25, 0.3) is 0 Å². The van der Waals surface area contributed by atoms with Gasteiger partial charge >= 0.3 is 15.0 Å². The van der Waals surface area contributed by atoms with Crippen molar-refractivity contribution in [2.24, 2.45) is 0 Å². The summed E-state index contributed by atoms with van der Waals surface area (Å²) in [5.74, 6) is 0. The number of nitrogens with zero attached hydrogens (tertiary/aromatic N) is 2. The average molecular weight is 454 g/mol. The number of benzene rings is 1. The summed E-state index contributed by atoms with van der Waals surface area (Å²) in [5, 5.41) is 15.3. The number of nitro groups is 1. The van der Waals surface area contributed by atoms with E-state index in [0.717, 1.165) is 40.1 Å². The number of carbonyl (C=O) groups is 1. The molecule has 2 rings (SSSR count). The number of thiazole rings is 1. The first-order valence-electron chi connectivity index (χ1n) is 6.07. The molecular weight excluding hydrogens is 445 g/mol. The molecule has 0 fully saturated rings. The van der Waals surface area contributed by atoms with Crippen LogP contribution in [0.5, 0.6) is 0 Å². The van der Waals surface area contributed by atoms with Crippen LogP contribution >= 0.6 is 33.9 Å². The number of hydrogen-bond donors (Lipinski definition) is 2. The first-order chi connectivity index (χ1) is 10.8. The van der Waals surface area contributed by atoms with Gasteiger partial charge in [0, 0.05) is 34.7 Å². The van der Waals surface area contributed by atoms with Gasteiger partial charge in [0.15, 0.2) is 5.13 Å². The van der Waals surface area contributed by atoms with Crippen LogP contribution in [0.15, 0.2) is 30.5 Å². The molecule has 7 nitrogen and oxygen atoms in total. The molecule has 1 aromatic carbocycles. The number of alkyl halides is 3. The Kier molecular flexibility index (Phi) is 5.41. The Morgan fingerprint density at radius 3 is 2.57 bits per heavy atom. The summed E-state index contributed by atoms with van der Waals surface area (Å²) >= 11 is 1.77. The van der Waals surface area contributed by atoms with Crippen LogP contribution in [-0.4, -0.2) is 15.9 Å². The lowest BCUT2D eigenvalue weighted by Gasteiger charge is -2.10. The summed E-state index contributed by atoms with van der Waals surface area (Å²) in [6.45, 7) is 0.117. The molecule has 1 heterocycles. The van der Waals surface area contributed by atoms with Crippen molar-refractivity contribution in [2.75, 3.05) is 5.32 Å². The lowest BCUT2D eigenvalue weighted by Crippen LogP contribution is -2.28. The molecule has 0 unspecified atom stereocenters. The minimum Gasteiger partial charge on any atom is -0.334 e. The largest absolute Gasteiger partial charge is 0.345 e. The molecule has 0 saturated carbocycles. The minimum absolute atomic E-state index is 0.0918. The third kappa shape index (κ3) is 5.06. The maximum atomic E-state index is 13.1. The fourth-order valence-electron chi connectivity index (χ4n) is 1.54. The Morgan fingerprint density at radius 1 is 1.39 bits per heavy atom. The number of amides is 2. The van der Waals surface area contributed by atoms with Gasteiger partial charge in [-0.15, -0.1) is 0 Å². The second kappa shape index (κ2) is 7.12. The maximum Gasteiger partial charge on any atom is 0.345 e. The standard InChI is InChI=1S/C12H9F2IN4O3S/c13-12(14,15)8-3-1-7(2-4-8)5-16-10(20)18-11-17-6-9(23-11)19(21)22/h1-4,6H,5H2,(H2,16,17,18,20). The van der Waals surface area contributed by atoms with E-state index in [2.05, 4.69) is 15.6 Å². The fraction of sp³-hybridized carbons (Fsp3) is 0.167. The topological polar surface area (TPSA) is 97.2 Å². The van der Waals surface area contributed by atoms with Crippen LogP contribution in [-0.2, 0) is 10.5 Å². The van der Waals surface area contributed by atoms with Crippen molar-refractivity contribution >= 4 is 50.1 Å². The molecule has 2 N–H and O–H groups in total. The van der Waals surface area contributed by atoms with E-state index >= 15 is 0 Å². The quantitative estimate of drug-likeness (QED) is 0.311. The van der Waals surface area contributed by atoms with Gasteiger partial charge < -0.3 is 5.32 Å². The fourth-order valence-corrected chi connectivity index (χ4v) is 2.53. The lowest BCUT2D eigenvalue weighted by atomic mass is 10.1. The van der Waals surface area contributed by atoms with Gasteiger partial charge in [0.05, 0.1) is 4.92 Å². The summed E-state index contributed by atoms with van der Waals surface area (Å²) in [5.41, 5.74) is 0.510. The Balaban J connectivity index is 1.87. The molecule has 0 spiro atoms. The van der Waals surface area contributed by atoms with Crippen LogP contribution in [0.3, 0.4) is 0 Å². The normalized spacial score (nSPS) is 11.1. The van der Waals surface area contributed by atoms with Gasteiger partial charge in [-0.2, -0.15) is 8.78 Å². The molecule has 11 heteroatoms. The Hall–Kier alpha value is -1.89. The number of aromatic nitrogens is 1. The van der Waals surface area contributed by atoms with Crippen molar-refractivity contribution in [1.29, 1.82) is 0 Å². The van der Waals surface area contributed by atoms with Gasteiger partial charge in [0.2, 0.25) is 0 Å². The Morgan fingerprint density at radius 2 is 2.04 bits per heavy atom. The smallest absolute Gasteiger partial charge is 0.334 e. The van der Waals surface area contributed by atoms with Crippen molar-refractivity contribution in [1.82, 2.24) is 10.3 Å². The highest BCUT2D eigenvalue weighted by Crippen LogP contribution is 2.34. The molecule has 0 atom stereocenters. The summed E-state index contributed by atoms with van der Waals surface area (Å²) in [6.07, 6.45) is 1.04. The first kappa shape index (κ1) is 17.5. The zero-order valence-electron chi connectivity index (χ0n) is 11.3. The highest BCUT2D eigenvalue weighted by atomic mass is 127. The third-order valence-electron chi connectivity index (χ3n) is 2.63. The number of rotatable bonds is 5. The van der Waals surface area contributed by atoms with Crippen LogP contribution in [0.4, 0.5) is 23.7 Å². The van der Waals surface area contributed by atoms with Crippen LogP contribution in [0, 0.1) is 10.1 Å². The van der Waals surface area contributed by atoms with Gasteiger partial charge in [-0.05, 0) is 16.9 Å². The number of anilines is 1. The van der Waals surface area contributed by atoms with E-state index in [1.807, 2.05) is 0 Å². The molecule has 23 heavy (non-hydrogen) atoms. The van der Waals surface area contributed by atoms with Crippen molar-refractivity contribution in [2.45, 2.75) is 10.5 Å². The van der Waals surface area contributed by atoms with E-state index in [1.165, 1.54) is 24.3 Å². The van der Waals surface area contributed by atoms with Crippen molar-refractivity contribution in [3.05, 3.63) is 51.7 Å². The molecule has 1 aromatic heterocycles. The lowest BCUT2D eigenvalue weighted by molar-refractivity contribution is -0.380. The Bertz CT molecular complexity index is 718. The average Bonchev–Trinajstić information content (AvgIpc) is 2.93. The summed E-state index contributed by atoms with van der Waals surface area (Å²) in [6, 6.07) is 4.93. The van der Waals surface area contributed by atoms with Gasteiger partial charge in [-0.25, -0.2) is 9.78 Å². The molecule has 0 aliphatic carbocycles. The maximum absolute atomic E-state index is 13.1. The zero-order valence-corrected chi connectivity index (χ0v) is 14.2. The second-order valence-corrected chi connectivity index (χ2v) is 6.63. The highest BCUT2D eigenvalue weighted by molar-refractivity contribution is 14.1. The van der Waals surface area contributed by atoms with Crippen LogP contribution in [0.1, 0.15) is 11.1 Å². The number of halogens is 3. The van der Waals surface area contributed by atoms with Crippen molar-refractivity contribution in [3.8, 4) is 0 Å². The molecule has 0 aliphatic heterocycles. The van der Waals surface area contributed by atoms with E-state index in [1.54, 1.807) is 0 Å². The molecule has 0 bridgehead atoms. The van der Waals surface area contributed by atoms with Crippen molar-refractivity contribution in [3.63, 3.8) is 0 Å². The van der Waals surface area contributed by atoms with Crippen LogP contribution < -0.4 is 10.6 Å². The van der Waals surface area contributed by atoms with E-state index in [-0.39, 0.29) is 22.2 Å². The Labute approximate surface area is 146 Å². The van der Waals surface area contributed by atoms with E-state index in [9.17, 15) is 23.7 Å². The van der Waals surface area contributed by atoms with E-state index in [0.29, 0.717) is 5.56 Å². The summed E-state index contributed by atoms with van der Waals surface area (Å²) in [4.78, 5) is 25.2. The zero-order chi connectivity index (χ0) is 17.0. The molecule has 0 aliphatic rings. The first-order valence-corrected chi connectivity index (χ1v) is 7.96. The van der Waals surface area contributed by atoms with Gasteiger partial charge in [-0.3, -0.25) is 15.4 Å². The molecular formula is C12H9F2IN4O3S. The number of hydrogen-bond acceptors (Lipinski definition) is 5. The predicted molar refractivity (Wildman–Crippen MR) is 89.0 cm³/mol. The SMILES string of the molecule is O=C(NCc1ccc(C(F)(F)I)cc1)Nc1ncc([N+](=O)[O-])s1. The van der Waals surface area contributed by atoms with Gasteiger partial charge in [-0.1, -0.05) is 24.3 Å². The molecule has 0 radical (unpaired) electrons. The van der Waals surface area contributed by atoms with Gasteiger partial charge in [0.25, 0.3) is 0 Å². The van der Waals surface area contributed by atoms with Gasteiger partial charge in [0.1, 0.15) is 6.20 Å². The minimum atomic E-state index is -2.94. The number of urea groups is 1. The third-order valence-corrected chi connectivity index (χ3v) is 4.12. The van der Waals surface area contributed by atoms with E-state index < -0.39 is 14.9 Å². The number of nitrogens with one attached hydrogen (secondary N) is 2. The second-order valence-electron chi connectivity index (χ2n) is 4.26. The monoisotopic (exact) mass is 454 g/mol. The van der Waals surface area contributed by atoms with Crippen LogP contribution in [0.2, 0.25) is 0 Å². The molecule has 2 aromatic rings. The molecule has 2 amide bonds. The number of carbonyl (C=O) groups excluding carboxylic acids is 1. The molecule has 122 valence electrons. The van der Waals surface area contributed by atoms with Crippen molar-refractivity contribution < 1.29 is 18.5 Å². The van der Waals surface area contributed by atoms with E-state index in [4.69, 9.17) is 0 Å². The summed E-state index contributed by atoms with van der Waals surface area (Å²) in [7, 11) is 0. The highest BCUT2D eigenvalue weighted by Gasteiger charge is 2.26. The summed E-state index contributed by atoms with van der Waals surface area (Å²) < 4.78 is 23.2.